The van der Waals surface area contributed by atoms with E-state index in [0.717, 1.165) is 12.8 Å². The van der Waals surface area contributed by atoms with Crippen LogP contribution in [-0.2, 0) is 23.8 Å². The second-order valence-electron chi connectivity index (χ2n) is 9.72. The molecule has 4 aliphatic carbocycles. The van der Waals surface area contributed by atoms with Crippen molar-refractivity contribution in [3.05, 3.63) is 35.9 Å². The van der Waals surface area contributed by atoms with Crippen LogP contribution in [0.2, 0.25) is 0 Å². The average Bonchev–Trinajstić information content (AvgIpc) is 2.71. The first-order chi connectivity index (χ1) is 15.6. The highest BCUT2D eigenvalue weighted by Gasteiger charge is 2.67. The monoisotopic (exact) mass is 469 g/mol. The molecule has 4 saturated carbocycles. The number of benzene rings is 1. The number of hydrogen-bond acceptors (Lipinski definition) is 5. The van der Waals surface area contributed by atoms with Gasteiger partial charge in [-0.25, -0.2) is 0 Å². The lowest BCUT2D eigenvalue weighted by Gasteiger charge is -2.65. The second-order valence-corrected chi connectivity index (χ2v) is 9.72. The lowest BCUT2D eigenvalue weighted by atomic mass is 9.46. The molecule has 33 heavy (non-hydrogen) atoms. The number of nitrogens with one attached hydrogen (secondary N) is 1. The van der Waals surface area contributed by atoms with E-state index >= 15 is 0 Å². The fourth-order valence-electron chi connectivity index (χ4n) is 6.83. The van der Waals surface area contributed by atoms with Gasteiger partial charge in [-0.15, -0.1) is 0 Å². The van der Waals surface area contributed by atoms with Crippen LogP contribution in [0.5, 0.6) is 0 Å². The number of amides is 1. The highest BCUT2D eigenvalue weighted by atomic mass is 19.4. The van der Waals surface area contributed by atoms with Crippen LogP contribution in [-0.4, -0.2) is 49.6 Å². The van der Waals surface area contributed by atoms with Gasteiger partial charge in [0.1, 0.15) is 5.60 Å². The van der Waals surface area contributed by atoms with Gasteiger partial charge in [-0.05, 0) is 43.1 Å². The van der Waals surface area contributed by atoms with E-state index in [-0.39, 0.29) is 11.8 Å². The second kappa shape index (κ2) is 8.91. The van der Waals surface area contributed by atoms with Crippen LogP contribution in [0.4, 0.5) is 13.2 Å². The SMILES string of the molecule is COCCO[C@]12CC3C[C@@H](C1)C[C@](OC(C)=O)(C2)[C@H]3[C@@H](NC(=O)C(F)(F)F)c1ccccc1. The van der Waals surface area contributed by atoms with Crippen LogP contribution in [0.1, 0.15) is 50.6 Å². The number of carbonyl (C=O) groups excluding carboxylic acids is 2. The molecule has 0 aliphatic heterocycles. The molecule has 1 aromatic rings. The lowest BCUT2D eigenvalue weighted by molar-refractivity contribution is -0.264. The van der Waals surface area contributed by atoms with E-state index in [1.54, 1.807) is 37.4 Å². The van der Waals surface area contributed by atoms with Crippen molar-refractivity contribution >= 4 is 11.9 Å². The van der Waals surface area contributed by atoms with Crippen molar-refractivity contribution in [3.8, 4) is 0 Å². The minimum absolute atomic E-state index is 0.0631. The van der Waals surface area contributed by atoms with Crippen molar-refractivity contribution < 1.29 is 37.0 Å². The molecule has 1 aromatic carbocycles. The lowest BCUT2D eigenvalue weighted by Crippen LogP contribution is -2.68. The Bertz CT molecular complexity index is 879. The van der Waals surface area contributed by atoms with Crippen LogP contribution < -0.4 is 5.32 Å². The zero-order chi connectivity index (χ0) is 23.9. The number of alkyl halides is 3. The summed E-state index contributed by atoms with van der Waals surface area (Å²) >= 11 is 0. The minimum atomic E-state index is -5.02. The van der Waals surface area contributed by atoms with Crippen molar-refractivity contribution in [1.29, 1.82) is 0 Å². The van der Waals surface area contributed by atoms with Gasteiger partial charge in [0.2, 0.25) is 0 Å². The van der Waals surface area contributed by atoms with E-state index in [0.29, 0.717) is 38.0 Å². The fraction of sp³-hybridized carbons (Fsp3) is 0.667. The van der Waals surface area contributed by atoms with E-state index < -0.39 is 41.2 Å². The molecule has 1 amide bonds. The first kappa shape index (κ1) is 24.0. The summed E-state index contributed by atoms with van der Waals surface area (Å²) in [7, 11) is 1.59. The Hall–Kier alpha value is -2.13. The molecule has 5 rings (SSSR count). The molecule has 4 bridgehead atoms. The predicted octanol–water partition coefficient (Wildman–Crippen LogP) is 3.95. The Morgan fingerprint density at radius 2 is 1.88 bits per heavy atom. The van der Waals surface area contributed by atoms with Crippen molar-refractivity contribution in [3.63, 3.8) is 0 Å². The fourth-order valence-corrected chi connectivity index (χ4v) is 6.83. The first-order valence-electron chi connectivity index (χ1n) is 11.3. The summed E-state index contributed by atoms with van der Waals surface area (Å²) in [6, 6.07) is 7.69. The predicted molar refractivity (Wildman–Crippen MR) is 112 cm³/mol. The molecule has 182 valence electrons. The summed E-state index contributed by atoms with van der Waals surface area (Å²) in [5.74, 6) is -2.79. The number of carbonyl (C=O) groups is 2. The van der Waals surface area contributed by atoms with Gasteiger partial charge in [-0.1, -0.05) is 30.3 Å². The van der Waals surface area contributed by atoms with Gasteiger partial charge >= 0.3 is 18.1 Å². The third kappa shape index (κ3) is 4.75. The molecule has 0 radical (unpaired) electrons. The molecule has 0 aromatic heterocycles. The number of ether oxygens (including phenoxy) is 3. The number of halogens is 3. The number of esters is 1. The van der Waals surface area contributed by atoms with Crippen LogP contribution in [0.25, 0.3) is 0 Å². The topological polar surface area (TPSA) is 73.9 Å². The maximum absolute atomic E-state index is 13.3. The van der Waals surface area contributed by atoms with Gasteiger partial charge < -0.3 is 19.5 Å². The molecule has 0 spiro atoms. The highest BCUT2D eigenvalue weighted by molar-refractivity contribution is 5.82. The normalized spacial score (nSPS) is 33.5. The van der Waals surface area contributed by atoms with E-state index in [4.69, 9.17) is 14.2 Å². The summed E-state index contributed by atoms with van der Waals surface area (Å²) < 4.78 is 57.2. The summed E-state index contributed by atoms with van der Waals surface area (Å²) in [5.41, 5.74) is -0.956. The van der Waals surface area contributed by atoms with Crippen LogP contribution >= 0.6 is 0 Å². The molecular weight excluding hydrogens is 439 g/mol. The molecule has 1 N–H and O–H groups in total. The van der Waals surface area contributed by atoms with Gasteiger partial charge in [0.25, 0.3) is 0 Å². The Morgan fingerprint density at radius 1 is 1.15 bits per heavy atom. The van der Waals surface area contributed by atoms with Gasteiger partial charge in [-0.3, -0.25) is 9.59 Å². The van der Waals surface area contributed by atoms with Gasteiger partial charge in [0.05, 0.1) is 24.9 Å². The maximum Gasteiger partial charge on any atom is 0.471 e. The molecule has 0 saturated heterocycles. The molecule has 4 aliphatic rings. The molecule has 6 nitrogen and oxygen atoms in total. The van der Waals surface area contributed by atoms with Crippen molar-refractivity contribution in [2.24, 2.45) is 17.8 Å². The summed E-state index contributed by atoms with van der Waals surface area (Å²) in [4.78, 5) is 24.3. The molecule has 0 heterocycles. The van der Waals surface area contributed by atoms with Crippen molar-refractivity contribution in [1.82, 2.24) is 5.32 Å². The standard InChI is InChI=1S/C24H30F3NO5/c1-15(29)33-23-12-16-10-18(13-22(11-16,14-23)32-9-8-31-2)19(23)20(17-6-4-3-5-7-17)28-21(30)24(25,26)27/h3-7,16,18-20H,8-14H2,1-2H3,(H,28,30)/t16-,18?,19+,20-,22-,23-/m0/s1. The molecular formula is C24H30F3NO5. The van der Waals surface area contributed by atoms with Gasteiger partial charge in [0.15, 0.2) is 0 Å². The number of methoxy groups -OCH3 is 1. The summed E-state index contributed by atoms with van der Waals surface area (Å²) in [6.07, 6.45) is -1.80. The smallest absolute Gasteiger partial charge is 0.459 e. The Kier molecular flexibility index (Phi) is 6.48. The highest BCUT2D eigenvalue weighted by Crippen LogP contribution is 2.65. The quantitative estimate of drug-likeness (QED) is 0.461. The maximum atomic E-state index is 13.3. The first-order valence-corrected chi connectivity index (χ1v) is 11.3. The zero-order valence-electron chi connectivity index (χ0n) is 18.8. The summed E-state index contributed by atoms with van der Waals surface area (Å²) in [6.45, 7) is 2.14. The largest absolute Gasteiger partial charge is 0.471 e. The average molecular weight is 470 g/mol. The Labute approximate surface area is 191 Å². The zero-order valence-corrected chi connectivity index (χ0v) is 18.8. The Morgan fingerprint density at radius 3 is 2.52 bits per heavy atom. The van der Waals surface area contributed by atoms with Crippen LogP contribution in [0.3, 0.4) is 0 Å². The molecule has 4 fully saturated rings. The molecule has 9 heteroatoms. The van der Waals surface area contributed by atoms with E-state index in [2.05, 4.69) is 5.32 Å². The van der Waals surface area contributed by atoms with E-state index in [1.807, 2.05) is 0 Å². The third-order valence-corrected chi connectivity index (χ3v) is 7.41. The van der Waals surface area contributed by atoms with E-state index in [1.165, 1.54) is 6.92 Å². The van der Waals surface area contributed by atoms with E-state index in [9.17, 15) is 22.8 Å². The Balaban J connectivity index is 1.73. The molecule has 6 atom stereocenters. The third-order valence-electron chi connectivity index (χ3n) is 7.41. The van der Waals surface area contributed by atoms with Gasteiger partial charge in [-0.2, -0.15) is 13.2 Å². The summed E-state index contributed by atoms with van der Waals surface area (Å²) in [5, 5.41) is 2.25. The van der Waals surface area contributed by atoms with Crippen LogP contribution in [0, 0.1) is 17.8 Å². The number of rotatable bonds is 8. The van der Waals surface area contributed by atoms with Crippen molar-refractivity contribution in [2.45, 2.75) is 62.4 Å². The van der Waals surface area contributed by atoms with Gasteiger partial charge in [0, 0.05) is 26.4 Å². The van der Waals surface area contributed by atoms with Crippen molar-refractivity contribution in [2.75, 3.05) is 20.3 Å². The van der Waals surface area contributed by atoms with Crippen LogP contribution in [0.15, 0.2) is 30.3 Å². The molecule has 1 unspecified atom stereocenters. The number of hydrogen-bond donors (Lipinski definition) is 1. The minimum Gasteiger partial charge on any atom is -0.459 e.